The van der Waals surface area contributed by atoms with Gasteiger partial charge in [0.2, 0.25) is 0 Å². The number of aliphatic carboxylic acids is 1. The Kier molecular flexibility index (Phi) is 3.59. The number of hydrogen-bond donors (Lipinski definition) is 1. The minimum absolute atomic E-state index is 0.00758. The standard InChI is InChI=1S/C12H19N3O2S/c1-12(2)8-15(5-4-14(12)3)11-13-9(7-18-11)6-10(16)17/h7H,4-6,8H2,1-3H3,(H,16,17). The molecule has 1 fully saturated rings. The summed E-state index contributed by atoms with van der Waals surface area (Å²) in [5.41, 5.74) is 0.774. The normalized spacial score (nSPS) is 20.1. The molecule has 1 aromatic rings. The number of piperazine rings is 1. The molecule has 5 nitrogen and oxygen atoms in total. The lowest BCUT2D eigenvalue weighted by atomic mass is 10.0. The third-order valence-corrected chi connectivity index (χ3v) is 4.41. The van der Waals surface area contributed by atoms with E-state index in [9.17, 15) is 4.79 Å². The number of carboxylic acid groups (broad SMARTS) is 1. The van der Waals surface area contributed by atoms with Gasteiger partial charge in [-0.2, -0.15) is 0 Å². The summed E-state index contributed by atoms with van der Waals surface area (Å²) >= 11 is 1.53. The van der Waals surface area contributed by atoms with E-state index in [-0.39, 0.29) is 12.0 Å². The highest BCUT2D eigenvalue weighted by Gasteiger charge is 2.32. The highest BCUT2D eigenvalue weighted by molar-refractivity contribution is 7.13. The lowest BCUT2D eigenvalue weighted by Gasteiger charge is -2.45. The first-order valence-electron chi connectivity index (χ1n) is 6.01. The largest absolute Gasteiger partial charge is 0.481 e. The number of nitrogens with zero attached hydrogens (tertiary/aromatic N) is 3. The van der Waals surface area contributed by atoms with E-state index in [1.54, 1.807) is 0 Å². The maximum absolute atomic E-state index is 10.6. The van der Waals surface area contributed by atoms with Crippen LogP contribution in [-0.4, -0.2) is 53.2 Å². The van der Waals surface area contributed by atoms with E-state index in [2.05, 4.69) is 35.7 Å². The van der Waals surface area contributed by atoms with Crippen LogP contribution in [-0.2, 0) is 11.2 Å². The van der Waals surface area contributed by atoms with Crippen LogP contribution in [0.3, 0.4) is 0 Å². The van der Waals surface area contributed by atoms with Gasteiger partial charge in [-0.05, 0) is 20.9 Å². The molecule has 0 atom stereocenters. The summed E-state index contributed by atoms with van der Waals surface area (Å²) < 4.78 is 0. The van der Waals surface area contributed by atoms with Crippen LogP contribution in [0.2, 0.25) is 0 Å². The Morgan fingerprint density at radius 2 is 2.28 bits per heavy atom. The number of hydrogen-bond acceptors (Lipinski definition) is 5. The fourth-order valence-corrected chi connectivity index (χ4v) is 2.93. The van der Waals surface area contributed by atoms with E-state index < -0.39 is 5.97 Å². The van der Waals surface area contributed by atoms with Gasteiger partial charge in [0.15, 0.2) is 5.13 Å². The first kappa shape index (κ1) is 13.3. The molecule has 6 heteroatoms. The average molecular weight is 269 g/mol. The SMILES string of the molecule is CN1CCN(c2nc(CC(=O)O)cs2)CC1(C)C. The number of carbonyl (C=O) groups is 1. The van der Waals surface area contributed by atoms with E-state index in [0.717, 1.165) is 24.8 Å². The number of rotatable bonds is 3. The molecule has 0 radical (unpaired) electrons. The van der Waals surface area contributed by atoms with Crippen molar-refractivity contribution in [1.82, 2.24) is 9.88 Å². The Morgan fingerprint density at radius 3 is 2.89 bits per heavy atom. The summed E-state index contributed by atoms with van der Waals surface area (Å²) in [6.07, 6.45) is 0.00758. The van der Waals surface area contributed by atoms with Gasteiger partial charge in [0.1, 0.15) is 0 Å². The summed E-state index contributed by atoms with van der Waals surface area (Å²) in [4.78, 5) is 19.6. The van der Waals surface area contributed by atoms with Crippen LogP contribution in [0.1, 0.15) is 19.5 Å². The van der Waals surface area contributed by atoms with Gasteiger partial charge >= 0.3 is 5.97 Å². The van der Waals surface area contributed by atoms with E-state index >= 15 is 0 Å². The molecule has 0 amide bonds. The Balaban J connectivity index is 2.08. The zero-order valence-electron chi connectivity index (χ0n) is 11.0. The van der Waals surface area contributed by atoms with Crippen molar-refractivity contribution in [1.29, 1.82) is 0 Å². The molecule has 0 spiro atoms. The van der Waals surface area contributed by atoms with E-state index in [1.807, 2.05) is 5.38 Å². The van der Waals surface area contributed by atoms with Gasteiger partial charge in [0.05, 0.1) is 12.1 Å². The minimum Gasteiger partial charge on any atom is -0.481 e. The molecule has 0 unspecified atom stereocenters. The fourth-order valence-electron chi connectivity index (χ4n) is 2.08. The summed E-state index contributed by atoms with van der Waals surface area (Å²) in [6.45, 7) is 7.29. The first-order valence-corrected chi connectivity index (χ1v) is 6.89. The van der Waals surface area contributed by atoms with Crippen LogP contribution in [0.5, 0.6) is 0 Å². The van der Waals surface area contributed by atoms with Crippen molar-refractivity contribution in [2.45, 2.75) is 25.8 Å². The lowest BCUT2D eigenvalue weighted by Crippen LogP contribution is -2.57. The van der Waals surface area contributed by atoms with Gasteiger partial charge in [-0.1, -0.05) is 0 Å². The van der Waals surface area contributed by atoms with Gasteiger partial charge in [-0.3, -0.25) is 9.69 Å². The Bertz CT molecular complexity index is 444. The highest BCUT2D eigenvalue weighted by Crippen LogP contribution is 2.27. The maximum atomic E-state index is 10.6. The Labute approximate surface area is 111 Å². The van der Waals surface area contributed by atoms with Crippen molar-refractivity contribution in [3.8, 4) is 0 Å². The molecule has 2 heterocycles. The molecule has 0 bridgehead atoms. The van der Waals surface area contributed by atoms with Crippen LogP contribution in [0.15, 0.2) is 5.38 Å². The van der Waals surface area contributed by atoms with E-state index in [1.165, 1.54) is 11.3 Å². The molecule has 100 valence electrons. The molecule has 1 saturated heterocycles. The number of anilines is 1. The number of carboxylic acids is 1. The molecule has 0 aliphatic carbocycles. The second-order valence-electron chi connectivity index (χ2n) is 5.35. The monoisotopic (exact) mass is 269 g/mol. The Morgan fingerprint density at radius 1 is 1.56 bits per heavy atom. The second kappa shape index (κ2) is 4.85. The fraction of sp³-hybridized carbons (Fsp3) is 0.667. The predicted octanol–water partition coefficient (Wildman–Crippen LogP) is 1.30. The predicted molar refractivity (Wildman–Crippen MR) is 72.4 cm³/mol. The molecule has 18 heavy (non-hydrogen) atoms. The van der Waals surface area contributed by atoms with Gasteiger partial charge in [0, 0.05) is 30.6 Å². The van der Waals surface area contributed by atoms with Crippen molar-refractivity contribution in [2.24, 2.45) is 0 Å². The van der Waals surface area contributed by atoms with Crippen molar-refractivity contribution in [2.75, 3.05) is 31.6 Å². The van der Waals surface area contributed by atoms with Gasteiger partial charge in [-0.15, -0.1) is 11.3 Å². The zero-order valence-corrected chi connectivity index (χ0v) is 11.8. The van der Waals surface area contributed by atoms with Crippen molar-refractivity contribution >= 4 is 22.4 Å². The lowest BCUT2D eigenvalue weighted by molar-refractivity contribution is -0.136. The first-order chi connectivity index (χ1) is 8.38. The minimum atomic E-state index is -0.828. The topological polar surface area (TPSA) is 56.7 Å². The maximum Gasteiger partial charge on any atom is 0.309 e. The molecular weight excluding hydrogens is 250 g/mol. The quantitative estimate of drug-likeness (QED) is 0.896. The molecular formula is C12H19N3O2S. The highest BCUT2D eigenvalue weighted by atomic mass is 32.1. The molecule has 1 aliphatic rings. The van der Waals surface area contributed by atoms with Crippen molar-refractivity contribution < 1.29 is 9.90 Å². The zero-order chi connectivity index (χ0) is 13.3. The summed E-state index contributed by atoms with van der Waals surface area (Å²) in [5, 5.41) is 11.5. The number of thiazole rings is 1. The molecule has 0 aromatic carbocycles. The second-order valence-corrected chi connectivity index (χ2v) is 6.18. The van der Waals surface area contributed by atoms with Gasteiger partial charge < -0.3 is 10.0 Å². The average Bonchev–Trinajstić information content (AvgIpc) is 2.69. The van der Waals surface area contributed by atoms with Crippen LogP contribution >= 0.6 is 11.3 Å². The van der Waals surface area contributed by atoms with Crippen LogP contribution in [0.4, 0.5) is 5.13 Å². The molecule has 1 aromatic heterocycles. The van der Waals surface area contributed by atoms with Gasteiger partial charge in [-0.25, -0.2) is 4.98 Å². The molecule has 2 rings (SSSR count). The third-order valence-electron chi connectivity index (χ3n) is 3.46. The van der Waals surface area contributed by atoms with Crippen molar-refractivity contribution in [3.05, 3.63) is 11.1 Å². The van der Waals surface area contributed by atoms with E-state index in [4.69, 9.17) is 5.11 Å². The molecule has 0 saturated carbocycles. The van der Waals surface area contributed by atoms with Crippen LogP contribution < -0.4 is 4.90 Å². The van der Waals surface area contributed by atoms with Crippen molar-refractivity contribution in [3.63, 3.8) is 0 Å². The number of aromatic nitrogens is 1. The molecule has 1 aliphatic heterocycles. The number of likely N-dealkylation sites (N-methyl/N-ethyl adjacent to an activating group) is 1. The molecule has 1 N–H and O–H groups in total. The Hall–Kier alpha value is -1.14. The van der Waals surface area contributed by atoms with Crippen LogP contribution in [0, 0.1) is 0 Å². The smallest absolute Gasteiger partial charge is 0.309 e. The van der Waals surface area contributed by atoms with Crippen LogP contribution in [0.25, 0.3) is 0 Å². The van der Waals surface area contributed by atoms with E-state index in [0.29, 0.717) is 5.69 Å². The third kappa shape index (κ3) is 2.81. The summed E-state index contributed by atoms with van der Waals surface area (Å²) in [6, 6.07) is 0. The summed E-state index contributed by atoms with van der Waals surface area (Å²) in [5.74, 6) is -0.828. The summed E-state index contributed by atoms with van der Waals surface area (Å²) in [7, 11) is 2.13. The van der Waals surface area contributed by atoms with Gasteiger partial charge in [0.25, 0.3) is 0 Å².